The lowest BCUT2D eigenvalue weighted by Crippen LogP contribution is -2.15. The van der Waals surface area contributed by atoms with Crippen molar-refractivity contribution in [3.63, 3.8) is 0 Å². The highest BCUT2D eigenvalue weighted by molar-refractivity contribution is 5.87. The van der Waals surface area contributed by atoms with Crippen molar-refractivity contribution in [3.8, 4) is 5.75 Å². The molecule has 0 aliphatic heterocycles. The van der Waals surface area contributed by atoms with Crippen molar-refractivity contribution in [1.82, 2.24) is 4.90 Å². The Balaban J connectivity index is 2.80. The highest BCUT2D eigenvalue weighted by Crippen LogP contribution is 2.14. The number of ether oxygens (including phenoxy) is 2. The van der Waals surface area contributed by atoms with Crippen LogP contribution in [0, 0.1) is 0 Å². The van der Waals surface area contributed by atoms with Crippen LogP contribution in [0.3, 0.4) is 0 Å². The second-order valence-corrected chi connectivity index (χ2v) is 5.00. The van der Waals surface area contributed by atoms with Crippen LogP contribution in [0.1, 0.15) is 33.6 Å². The number of hydrogen-bond acceptors (Lipinski definition) is 4. The number of nitrogens with zero attached hydrogens (tertiary/aromatic N) is 1. The first kappa shape index (κ1) is 18.8. The molecule has 4 heteroatoms. The number of allylic oxidation sites excluding steroid dienone is 2. The van der Waals surface area contributed by atoms with Gasteiger partial charge in [0.25, 0.3) is 0 Å². The van der Waals surface area contributed by atoms with Crippen molar-refractivity contribution in [2.24, 2.45) is 0 Å². The smallest absolute Gasteiger partial charge is 0.374 e. The molecular weight excluding hydrogens is 290 g/mol. The molecule has 0 unspecified atom stereocenters. The van der Waals surface area contributed by atoms with E-state index in [0.29, 0.717) is 12.4 Å². The van der Waals surface area contributed by atoms with Gasteiger partial charge in [-0.2, -0.15) is 0 Å². The highest BCUT2D eigenvalue weighted by atomic mass is 16.6. The maximum absolute atomic E-state index is 12.2. The van der Waals surface area contributed by atoms with Gasteiger partial charge < -0.3 is 14.4 Å². The van der Waals surface area contributed by atoms with Crippen molar-refractivity contribution in [2.45, 2.75) is 33.6 Å². The minimum absolute atomic E-state index is 0.190. The van der Waals surface area contributed by atoms with E-state index < -0.39 is 5.97 Å². The molecule has 0 heterocycles. The first-order valence-electron chi connectivity index (χ1n) is 8.23. The molecule has 0 aliphatic carbocycles. The topological polar surface area (TPSA) is 38.8 Å². The monoisotopic (exact) mass is 317 g/mol. The molecule has 1 aromatic rings. The van der Waals surface area contributed by atoms with Gasteiger partial charge in [-0.15, -0.1) is 0 Å². The van der Waals surface area contributed by atoms with Crippen LogP contribution >= 0.6 is 0 Å². The number of unbranched alkanes of at least 4 members (excludes halogenated alkanes) is 1. The number of carbonyl (C=O) groups is 1. The zero-order chi connectivity index (χ0) is 16.9. The first-order chi connectivity index (χ1) is 11.2. The minimum Gasteiger partial charge on any atom is -0.460 e. The Hall–Kier alpha value is -2.23. The maximum Gasteiger partial charge on any atom is 0.374 e. The summed E-state index contributed by atoms with van der Waals surface area (Å²) in [5.41, 5.74) is 0. The summed E-state index contributed by atoms with van der Waals surface area (Å²) >= 11 is 0. The largest absolute Gasteiger partial charge is 0.460 e. The van der Waals surface area contributed by atoms with Gasteiger partial charge in [0, 0.05) is 13.1 Å². The Labute approximate surface area is 139 Å². The standard InChI is InChI=1S/C19H27NO3/c1-4-7-16-22-19(21)18(14-11-15-20(5-2)6-3)23-17-12-9-8-10-13-17/h8-15H,4-7,16H2,1-3H3. The van der Waals surface area contributed by atoms with Gasteiger partial charge in [0.15, 0.2) is 0 Å². The number of para-hydroxylation sites is 1. The van der Waals surface area contributed by atoms with Gasteiger partial charge in [0.1, 0.15) is 5.75 Å². The minimum atomic E-state index is -0.438. The molecule has 0 radical (unpaired) electrons. The second-order valence-electron chi connectivity index (χ2n) is 5.00. The number of esters is 1. The van der Waals surface area contributed by atoms with E-state index in [-0.39, 0.29) is 5.76 Å². The van der Waals surface area contributed by atoms with Crippen LogP contribution < -0.4 is 4.74 Å². The normalized spacial score (nSPS) is 11.5. The highest BCUT2D eigenvalue weighted by Gasteiger charge is 2.13. The van der Waals surface area contributed by atoms with Gasteiger partial charge in [-0.1, -0.05) is 31.5 Å². The summed E-state index contributed by atoms with van der Waals surface area (Å²) in [6.07, 6.45) is 7.23. The lowest BCUT2D eigenvalue weighted by molar-refractivity contribution is -0.141. The van der Waals surface area contributed by atoms with Crippen molar-refractivity contribution in [2.75, 3.05) is 19.7 Å². The Kier molecular flexibility index (Phi) is 9.29. The summed E-state index contributed by atoms with van der Waals surface area (Å²) in [6, 6.07) is 9.24. The molecule has 1 rings (SSSR count). The molecule has 0 N–H and O–H groups in total. The van der Waals surface area contributed by atoms with E-state index >= 15 is 0 Å². The van der Waals surface area contributed by atoms with Crippen molar-refractivity contribution in [3.05, 3.63) is 54.4 Å². The molecule has 0 fully saturated rings. The zero-order valence-corrected chi connectivity index (χ0v) is 14.3. The lowest BCUT2D eigenvalue weighted by Gasteiger charge is -2.14. The van der Waals surface area contributed by atoms with Crippen LogP contribution in [-0.2, 0) is 9.53 Å². The van der Waals surface area contributed by atoms with E-state index in [1.807, 2.05) is 30.5 Å². The quantitative estimate of drug-likeness (QED) is 0.214. The Morgan fingerprint density at radius 3 is 2.43 bits per heavy atom. The van der Waals surface area contributed by atoms with E-state index in [1.54, 1.807) is 18.2 Å². The van der Waals surface area contributed by atoms with E-state index in [0.717, 1.165) is 25.9 Å². The molecule has 0 spiro atoms. The van der Waals surface area contributed by atoms with Gasteiger partial charge in [-0.05, 0) is 50.8 Å². The third kappa shape index (κ3) is 7.54. The summed E-state index contributed by atoms with van der Waals surface area (Å²) in [4.78, 5) is 14.3. The van der Waals surface area contributed by atoms with Crippen molar-refractivity contribution in [1.29, 1.82) is 0 Å². The molecular formula is C19H27NO3. The Morgan fingerprint density at radius 2 is 1.83 bits per heavy atom. The SMILES string of the molecule is CCCCOC(=O)C(=CC=CN(CC)CC)Oc1ccccc1. The molecule has 0 bridgehead atoms. The molecule has 0 saturated carbocycles. The Bertz CT molecular complexity index is 505. The van der Waals surface area contributed by atoms with E-state index in [4.69, 9.17) is 9.47 Å². The summed E-state index contributed by atoms with van der Waals surface area (Å²) in [5.74, 6) is 0.365. The number of carbonyl (C=O) groups excluding carboxylic acids is 1. The fourth-order valence-corrected chi connectivity index (χ4v) is 1.83. The molecule has 0 aliphatic rings. The van der Waals surface area contributed by atoms with Crippen molar-refractivity contribution < 1.29 is 14.3 Å². The van der Waals surface area contributed by atoms with E-state index in [2.05, 4.69) is 25.7 Å². The fraction of sp³-hybridized carbons (Fsp3) is 0.421. The fourth-order valence-electron chi connectivity index (χ4n) is 1.83. The molecule has 0 saturated heterocycles. The van der Waals surface area contributed by atoms with Gasteiger partial charge in [-0.25, -0.2) is 4.79 Å². The predicted octanol–water partition coefficient (Wildman–Crippen LogP) is 4.15. The van der Waals surface area contributed by atoms with Crippen LogP contribution in [0.15, 0.2) is 54.4 Å². The second kappa shape index (κ2) is 11.4. The van der Waals surface area contributed by atoms with Gasteiger partial charge in [-0.3, -0.25) is 0 Å². The summed E-state index contributed by atoms with van der Waals surface area (Å²) in [5, 5.41) is 0. The zero-order valence-electron chi connectivity index (χ0n) is 14.3. The van der Waals surface area contributed by atoms with Crippen LogP contribution in [0.5, 0.6) is 5.75 Å². The summed E-state index contributed by atoms with van der Waals surface area (Å²) < 4.78 is 10.9. The summed E-state index contributed by atoms with van der Waals surface area (Å²) in [6.45, 7) is 8.45. The van der Waals surface area contributed by atoms with Gasteiger partial charge in [0.05, 0.1) is 6.61 Å². The van der Waals surface area contributed by atoms with Crippen LogP contribution in [-0.4, -0.2) is 30.6 Å². The summed E-state index contributed by atoms with van der Waals surface area (Å²) in [7, 11) is 0. The van der Waals surface area contributed by atoms with E-state index in [1.165, 1.54) is 0 Å². The lowest BCUT2D eigenvalue weighted by atomic mass is 10.3. The number of hydrogen-bond donors (Lipinski definition) is 0. The predicted molar refractivity (Wildman–Crippen MR) is 93.1 cm³/mol. The molecule has 0 aromatic heterocycles. The molecule has 0 atom stereocenters. The molecule has 23 heavy (non-hydrogen) atoms. The van der Waals surface area contributed by atoms with Crippen LogP contribution in [0.25, 0.3) is 0 Å². The molecule has 1 aromatic carbocycles. The Morgan fingerprint density at radius 1 is 1.13 bits per heavy atom. The number of rotatable bonds is 10. The van der Waals surface area contributed by atoms with Gasteiger partial charge >= 0.3 is 5.97 Å². The van der Waals surface area contributed by atoms with Crippen molar-refractivity contribution >= 4 is 5.97 Å². The average Bonchev–Trinajstić information content (AvgIpc) is 2.58. The first-order valence-corrected chi connectivity index (χ1v) is 8.23. The van der Waals surface area contributed by atoms with Crippen LogP contribution in [0.4, 0.5) is 0 Å². The van der Waals surface area contributed by atoms with E-state index in [9.17, 15) is 4.79 Å². The third-order valence-electron chi connectivity index (χ3n) is 3.26. The molecule has 126 valence electrons. The molecule has 4 nitrogen and oxygen atoms in total. The third-order valence-corrected chi connectivity index (χ3v) is 3.26. The van der Waals surface area contributed by atoms with Crippen LogP contribution in [0.2, 0.25) is 0 Å². The maximum atomic E-state index is 12.2. The van der Waals surface area contributed by atoms with Gasteiger partial charge in [0.2, 0.25) is 5.76 Å². The molecule has 0 amide bonds. The number of benzene rings is 1. The average molecular weight is 317 g/mol.